The number of hydrogen-bond donors (Lipinski definition) is 0. The lowest BCUT2D eigenvalue weighted by Crippen LogP contribution is -2.27. The maximum atomic E-state index is 12.4. The molecular formula is C16H15IO2. The lowest BCUT2D eigenvalue weighted by molar-refractivity contribution is 0.0785. The fourth-order valence-electron chi connectivity index (χ4n) is 1.80. The van der Waals surface area contributed by atoms with Gasteiger partial charge in [0.15, 0.2) is 6.10 Å². The van der Waals surface area contributed by atoms with Crippen molar-refractivity contribution in [3.63, 3.8) is 0 Å². The molecule has 0 spiro atoms. The lowest BCUT2D eigenvalue weighted by Gasteiger charge is -2.17. The van der Waals surface area contributed by atoms with E-state index in [2.05, 4.69) is 22.6 Å². The van der Waals surface area contributed by atoms with Gasteiger partial charge in [-0.25, -0.2) is 0 Å². The molecule has 0 bridgehead atoms. The van der Waals surface area contributed by atoms with Crippen molar-refractivity contribution in [3.8, 4) is 5.75 Å². The Morgan fingerprint density at radius 3 is 2.37 bits per heavy atom. The van der Waals surface area contributed by atoms with E-state index in [9.17, 15) is 4.79 Å². The Morgan fingerprint density at radius 1 is 1.11 bits per heavy atom. The van der Waals surface area contributed by atoms with Gasteiger partial charge in [0.2, 0.25) is 5.78 Å². The van der Waals surface area contributed by atoms with Crippen LogP contribution in [0.4, 0.5) is 0 Å². The molecule has 98 valence electrons. The first kappa shape index (κ1) is 14.1. The van der Waals surface area contributed by atoms with E-state index in [0.29, 0.717) is 12.0 Å². The van der Waals surface area contributed by atoms with E-state index in [-0.39, 0.29) is 5.78 Å². The van der Waals surface area contributed by atoms with Crippen LogP contribution in [0.2, 0.25) is 0 Å². The Labute approximate surface area is 126 Å². The number of hydrogen-bond acceptors (Lipinski definition) is 2. The molecule has 0 saturated heterocycles. The van der Waals surface area contributed by atoms with Crippen LogP contribution in [0.1, 0.15) is 23.7 Å². The van der Waals surface area contributed by atoms with Crippen LogP contribution >= 0.6 is 22.6 Å². The Hall–Kier alpha value is -1.36. The standard InChI is InChI=1S/C16H15IO2/c1-2-14(16(18)12-8-4-3-5-9-12)19-15-11-7-6-10-13(15)17/h3-11,14H,2H2,1H3. The molecule has 0 aliphatic carbocycles. The molecule has 0 radical (unpaired) electrons. The number of Topliss-reactive ketones (excluding diaryl/α,β-unsaturated/α-hetero) is 1. The third kappa shape index (κ3) is 3.56. The van der Waals surface area contributed by atoms with Crippen molar-refractivity contribution in [2.24, 2.45) is 0 Å². The third-order valence-corrected chi connectivity index (χ3v) is 3.72. The molecule has 3 heteroatoms. The quantitative estimate of drug-likeness (QED) is 0.582. The van der Waals surface area contributed by atoms with Crippen LogP contribution in [0.15, 0.2) is 54.6 Å². The summed E-state index contributed by atoms with van der Waals surface area (Å²) in [4.78, 5) is 12.4. The Kier molecular flexibility index (Phi) is 4.96. The fraction of sp³-hybridized carbons (Fsp3) is 0.188. The van der Waals surface area contributed by atoms with Gasteiger partial charge in [0.05, 0.1) is 3.57 Å². The number of ether oxygens (including phenoxy) is 1. The highest BCUT2D eigenvalue weighted by Crippen LogP contribution is 2.22. The average Bonchev–Trinajstić information content (AvgIpc) is 2.47. The summed E-state index contributed by atoms with van der Waals surface area (Å²) >= 11 is 2.21. The summed E-state index contributed by atoms with van der Waals surface area (Å²) in [5, 5.41) is 0. The Balaban J connectivity index is 2.17. The van der Waals surface area contributed by atoms with Gasteiger partial charge in [-0.3, -0.25) is 4.79 Å². The zero-order valence-electron chi connectivity index (χ0n) is 10.7. The first-order chi connectivity index (χ1) is 9.22. The normalized spacial score (nSPS) is 11.9. The van der Waals surface area contributed by atoms with Crippen molar-refractivity contribution in [3.05, 3.63) is 63.7 Å². The van der Waals surface area contributed by atoms with Crippen molar-refractivity contribution in [2.75, 3.05) is 0 Å². The maximum Gasteiger partial charge on any atom is 0.203 e. The van der Waals surface area contributed by atoms with Crippen LogP contribution in [-0.4, -0.2) is 11.9 Å². The first-order valence-electron chi connectivity index (χ1n) is 6.22. The highest BCUT2D eigenvalue weighted by Gasteiger charge is 2.20. The van der Waals surface area contributed by atoms with Gasteiger partial charge in [0.25, 0.3) is 0 Å². The molecule has 0 amide bonds. The number of rotatable bonds is 5. The predicted molar refractivity (Wildman–Crippen MR) is 84.6 cm³/mol. The minimum absolute atomic E-state index is 0.0303. The fourth-order valence-corrected chi connectivity index (χ4v) is 2.32. The van der Waals surface area contributed by atoms with Crippen molar-refractivity contribution >= 4 is 28.4 Å². The van der Waals surface area contributed by atoms with Crippen LogP contribution < -0.4 is 4.74 Å². The molecule has 0 aromatic heterocycles. The highest BCUT2D eigenvalue weighted by molar-refractivity contribution is 14.1. The molecule has 1 unspecified atom stereocenters. The second kappa shape index (κ2) is 6.70. The van der Waals surface area contributed by atoms with Gasteiger partial charge in [-0.1, -0.05) is 49.4 Å². The van der Waals surface area contributed by atoms with Crippen LogP contribution in [0, 0.1) is 3.57 Å². The van der Waals surface area contributed by atoms with Crippen LogP contribution in [-0.2, 0) is 0 Å². The number of carbonyl (C=O) groups excluding carboxylic acids is 1. The molecule has 2 nitrogen and oxygen atoms in total. The first-order valence-corrected chi connectivity index (χ1v) is 7.30. The summed E-state index contributed by atoms with van der Waals surface area (Å²) in [5.74, 6) is 0.794. The number of para-hydroxylation sites is 1. The highest BCUT2D eigenvalue weighted by atomic mass is 127. The summed E-state index contributed by atoms with van der Waals surface area (Å²) in [5.41, 5.74) is 0.695. The summed E-state index contributed by atoms with van der Waals surface area (Å²) in [7, 11) is 0. The monoisotopic (exact) mass is 366 g/mol. The third-order valence-electron chi connectivity index (χ3n) is 2.83. The van der Waals surface area contributed by atoms with Crippen LogP contribution in [0.5, 0.6) is 5.75 Å². The smallest absolute Gasteiger partial charge is 0.203 e. The van der Waals surface area contributed by atoms with E-state index < -0.39 is 6.10 Å². The predicted octanol–water partition coefficient (Wildman–Crippen LogP) is 4.33. The Bertz CT molecular complexity index is 552. The summed E-state index contributed by atoms with van der Waals surface area (Å²) in [6, 6.07) is 17.0. The van der Waals surface area contributed by atoms with Gasteiger partial charge < -0.3 is 4.74 Å². The summed E-state index contributed by atoms with van der Waals surface area (Å²) < 4.78 is 6.87. The van der Waals surface area contributed by atoms with Crippen molar-refractivity contribution in [1.82, 2.24) is 0 Å². The maximum absolute atomic E-state index is 12.4. The lowest BCUT2D eigenvalue weighted by atomic mass is 10.0. The van der Waals surface area contributed by atoms with Crippen molar-refractivity contribution in [2.45, 2.75) is 19.4 Å². The SMILES string of the molecule is CCC(Oc1ccccc1I)C(=O)c1ccccc1. The van der Waals surface area contributed by atoms with Gasteiger partial charge in [-0.05, 0) is 41.1 Å². The van der Waals surface area contributed by atoms with E-state index in [1.165, 1.54) is 0 Å². The van der Waals surface area contributed by atoms with E-state index in [4.69, 9.17) is 4.74 Å². The van der Waals surface area contributed by atoms with E-state index in [1.54, 1.807) is 0 Å². The molecule has 0 saturated carbocycles. The van der Waals surface area contributed by atoms with E-state index >= 15 is 0 Å². The van der Waals surface area contributed by atoms with Crippen molar-refractivity contribution in [1.29, 1.82) is 0 Å². The zero-order chi connectivity index (χ0) is 13.7. The minimum Gasteiger partial charge on any atom is -0.481 e. The molecular weight excluding hydrogens is 351 g/mol. The molecule has 2 aromatic rings. The van der Waals surface area contributed by atoms with E-state index in [1.807, 2.05) is 61.5 Å². The van der Waals surface area contributed by atoms with Crippen molar-refractivity contribution < 1.29 is 9.53 Å². The van der Waals surface area contributed by atoms with Gasteiger partial charge in [-0.15, -0.1) is 0 Å². The number of benzene rings is 2. The minimum atomic E-state index is -0.432. The number of halogens is 1. The van der Waals surface area contributed by atoms with E-state index in [0.717, 1.165) is 9.32 Å². The number of ketones is 1. The topological polar surface area (TPSA) is 26.3 Å². The zero-order valence-corrected chi connectivity index (χ0v) is 12.8. The molecule has 2 rings (SSSR count). The summed E-state index contributed by atoms with van der Waals surface area (Å²) in [6.45, 7) is 1.96. The molecule has 19 heavy (non-hydrogen) atoms. The van der Waals surface area contributed by atoms with Gasteiger partial charge in [-0.2, -0.15) is 0 Å². The molecule has 0 N–H and O–H groups in total. The largest absolute Gasteiger partial charge is 0.481 e. The second-order valence-corrected chi connectivity index (χ2v) is 5.34. The van der Waals surface area contributed by atoms with Crippen LogP contribution in [0.3, 0.4) is 0 Å². The molecule has 1 atom stereocenters. The molecule has 2 aromatic carbocycles. The molecule has 0 heterocycles. The molecule has 0 aliphatic heterocycles. The second-order valence-electron chi connectivity index (χ2n) is 4.18. The average molecular weight is 366 g/mol. The summed E-state index contributed by atoms with van der Waals surface area (Å²) in [6.07, 6.45) is 0.219. The van der Waals surface area contributed by atoms with Crippen LogP contribution in [0.25, 0.3) is 0 Å². The molecule has 0 fully saturated rings. The van der Waals surface area contributed by atoms with Gasteiger partial charge in [0, 0.05) is 5.56 Å². The number of carbonyl (C=O) groups is 1. The Morgan fingerprint density at radius 2 is 1.74 bits per heavy atom. The van der Waals surface area contributed by atoms with Gasteiger partial charge in [0.1, 0.15) is 5.75 Å². The van der Waals surface area contributed by atoms with Gasteiger partial charge >= 0.3 is 0 Å². The molecule has 0 aliphatic rings.